The van der Waals surface area contributed by atoms with Crippen LogP contribution in [0.4, 0.5) is 8.78 Å². The molecule has 0 radical (unpaired) electrons. The predicted molar refractivity (Wildman–Crippen MR) is 104 cm³/mol. The van der Waals surface area contributed by atoms with Gasteiger partial charge in [0.1, 0.15) is 6.04 Å². The zero-order valence-electron chi connectivity index (χ0n) is 16.3. The molecule has 0 unspecified atom stereocenters. The minimum Gasteiger partial charge on any atom is -0.438 e. The van der Waals surface area contributed by atoms with E-state index in [-0.39, 0.29) is 23.1 Å². The van der Waals surface area contributed by atoms with E-state index in [1.54, 1.807) is 23.5 Å². The maximum absolute atomic E-state index is 13.5. The second-order valence-corrected chi connectivity index (χ2v) is 7.92. The van der Waals surface area contributed by atoms with Gasteiger partial charge in [-0.05, 0) is 31.0 Å². The second kappa shape index (κ2) is 6.73. The average Bonchev–Trinajstić information content (AvgIpc) is 3.19. The van der Waals surface area contributed by atoms with Gasteiger partial charge in [0.05, 0.1) is 28.9 Å². The number of nitrogens with one attached hydrogen (secondary N) is 1. The molecule has 158 valence electrons. The number of imidazole rings is 1. The Hall–Kier alpha value is -3.56. The molecule has 10 heteroatoms. The highest BCUT2D eigenvalue weighted by Crippen LogP contribution is 2.42. The van der Waals surface area contributed by atoms with Gasteiger partial charge >= 0.3 is 0 Å². The van der Waals surface area contributed by atoms with Gasteiger partial charge in [-0.2, -0.15) is 5.10 Å². The van der Waals surface area contributed by atoms with Crippen LogP contribution in [-0.2, 0) is 6.42 Å². The van der Waals surface area contributed by atoms with E-state index in [1.165, 1.54) is 23.0 Å². The highest BCUT2D eigenvalue weighted by atomic mass is 19.3. The van der Waals surface area contributed by atoms with E-state index in [0.29, 0.717) is 35.6 Å². The fraction of sp³-hybridized carbons (Fsp3) is 0.333. The van der Waals surface area contributed by atoms with Crippen molar-refractivity contribution in [2.45, 2.75) is 37.6 Å². The van der Waals surface area contributed by atoms with Crippen LogP contribution in [0.5, 0.6) is 0 Å². The highest BCUT2D eigenvalue weighted by molar-refractivity contribution is 5.93. The van der Waals surface area contributed by atoms with E-state index < -0.39 is 12.5 Å². The number of fused-ring (bicyclic) bond motifs is 2. The molecule has 8 nitrogen and oxygen atoms in total. The fourth-order valence-electron chi connectivity index (χ4n) is 4.36. The van der Waals surface area contributed by atoms with Gasteiger partial charge in [-0.15, -0.1) is 0 Å². The molecular weight excluding hydrogens is 406 g/mol. The summed E-state index contributed by atoms with van der Waals surface area (Å²) in [5.74, 6) is 0.207. The Morgan fingerprint density at radius 1 is 1.26 bits per heavy atom. The zero-order valence-corrected chi connectivity index (χ0v) is 16.3. The van der Waals surface area contributed by atoms with E-state index >= 15 is 0 Å². The number of aromatic amines is 1. The van der Waals surface area contributed by atoms with Gasteiger partial charge in [-0.1, -0.05) is 0 Å². The number of nitrogens with zero attached hydrogens (tertiary/aromatic N) is 5. The Balaban J connectivity index is 1.47. The molecule has 0 saturated heterocycles. The summed E-state index contributed by atoms with van der Waals surface area (Å²) < 4.78 is 33.9. The third-order valence-corrected chi connectivity index (χ3v) is 6.01. The topological polar surface area (TPSA) is 92.3 Å². The first-order chi connectivity index (χ1) is 15.1. The maximum Gasteiger partial charge on any atom is 0.292 e. The molecule has 1 aliphatic heterocycles. The summed E-state index contributed by atoms with van der Waals surface area (Å²) in [7, 11) is 0. The van der Waals surface area contributed by atoms with Gasteiger partial charge in [0, 0.05) is 36.3 Å². The quantitative estimate of drug-likeness (QED) is 0.540. The number of pyridine rings is 1. The Morgan fingerprint density at radius 2 is 2.13 bits per heavy atom. The number of carbonyl (C=O) groups is 1. The number of halogens is 2. The lowest BCUT2D eigenvalue weighted by atomic mass is 9.98. The van der Waals surface area contributed by atoms with E-state index in [2.05, 4.69) is 20.1 Å². The molecule has 1 atom stereocenters. The van der Waals surface area contributed by atoms with Crippen LogP contribution >= 0.6 is 0 Å². The molecule has 1 saturated carbocycles. The van der Waals surface area contributed by atoms with Gasteiger partial charge in [0.2, 0.25) is 5.76 Å². The molecular formula is C21H18F2N6O2. The van der Waals surface area contributed by atoms with Crippen LogP contribution in [0, 0.1) is 0 Å². The first-order valence-electron chi connectivity index (χ1n) is 10.1. The summed E-state index contributed by atoms with van der Waals surface area (Å²) in [4.78, 5) is 27.0. The Morgan fingerprint density at radius 3 is 2.94 bits per heavy atom. The first-order valence-corrected chi connectivity index (χ1v) is 10.1. The van der Waals surface area contributed by atoms with Crippen molar-refractivity contribution in [1.29, 1.82) is 0 Å². The van der Waals surface area contributed by atoms with Crippen molar-refractivity contribution in [3.05, 3.63) is 71.2 Å². The van der Waals surface area contributed by atoms with Gasteiger partial charge < -0.3 is 14.3 Å². The van der Waals surface area contributed by atoms with Gasteiger partial charge in [-0.25, -0.2) is 23.3 Å². The average molecular weight is 424 g/mol. The first kappa shape index (κ1) is 18.2. The summed E-state index contributed by atoms with van der Waals surface area (Å²) in [6, 6.07) is 3.90. The number of hydrogen-bond donors (Lipinski definition) is 1. The molecule has 0 aromatic carbocycles. The summed E-state index contributed by atoms with van der Waals surface area (Å²) in [6.07, 6.45) is 4.45. The van der Waals surface area contributed by atoms with Crippen molar-refractivity contribution in [1.82, 2.24) is 29.5 Å². The molecule has 2 aliphatic rings. The molecule has 31 heavy (non-hydrogen) atoms. The number of alkyl halides is 2. The molecule has 0 bridgehead atoms. The SMILES string of the molecule is O=C(c1ocnc1C1CC1)N1CCc2[nH]cnc2[C@H]1c1cc2c(C(F)F)cccn2n1. The lowest BCUT2D eigenvalue weighted by molar-refractivity contribution is 0.0652. The van der Waals surface area contributed by atoms with Crippen LogP contribution in [-0.4, -0.2) is 41.9 Å². The number of rotatable bonds is 4. The van der Waals surface area contributed by atoms with E-state index in [1.807, 2.05) is 0 Å². The van der Waals surface area contributed by atoms with Crippen LogP contribution in [0.25, 0.3) is 5.52 Å². The van der Waals surface area contributed by atoms with Crippen molar-refractivity contribution in [2.24, 2.45) is 0 Å². The molecule has 4 aromatic heterocycles. The molecule has 1 N–H and O–H groups in total. The van der Waals surface area contributed by atoms with Crippen molar-refractivity contribution in [3.63, 3.8) is 0 Å². The minimum absolute atomic E-state index is 0.108. The van der Waals surface area contributed by atoms with Crippen LogP contribution in [0.3, 0.4) is 0 Å². The number of carbonyl (C=O) groups excluding carboxylic acids is 1. The van der Waals surface area contributed by atoms with Crippen molar-refractivity contribution >= 4 is 11.4 Å². The third kappa shape index (κ3) is 2.85. The molecule has 1 amide bonds. The minimum atomic E-state index is -2.63. The number of H-pyrrole nitrogens is 1. The van der Waals surface area contributed by atoms with Gasteiger partial charge in [0.15, 0.2) is 6.39 Å². The predicted octanol–water partition coefficient (Wildman–Crippen LogP) is 3.65. The summed E-state index contributed by atoms with van der Waals surface area (Å²) in [5, 5.41) is 4.53. The number of oxazole rings is 1. The maximum atomic E-state index is 13.5. The van der Waals surface area contributed by atoms with Crippen molar-refractivity contribution in [3.8, 4) is 0 Å². The van der Waals surface area contributed by atoms with Crippen LogP contribution in [0.15, 0.2) is 41.5 Å². The van der Waals surface area contributed by atoms with Crippen LogP contribution in [0.2, 0.25) is 0 Å². The lowest BCUT2D eigenvalue weighted by Gasteiger charge is -2.33. The van der Waals surface area contributed by atoms with Gasteiger partial charge in [0.25, 0.3) is 12.3 Å². The number of hydrogen-bond acceptors (Lipinski definition) is 5. The molecule has 6 rings (SSSR count). The molecule has 4 aromatic rings. The largest absolute Gasteiger partial charge is 0.438 e. The Bertz CT molecular complexity index is 1290. The van der Waals surface area contributed by atoms with Gasteiger partial charge in [-0.3, -0.25) is 4.79 Å². The Kier molecular flexibility index (Phi) is 3.95. The van der Waals surface area contributed by atoms with Crippen molar-refractivity contribution in [2.75, 3.05) is 6.54 Å². The fourth-order valence-corrected chi connectivity index (χ4v) is 4.36. The smallest absolute Gasteiger partial charge is 0.292 e. The molecule has 1 aliphatic carbocycles. The second-order valence-electron chi connectivity index (χ2n) is 7.92. The number of amides is 1. The summed E-state index contributed by atoms with van der Waals surface area (Å²) in [6.45, 7) is 0.416. The Labute approximate surface area is 174 Å². The lowest BCUT2D eigenvalue weighted by Crippen LogP contribution is -2.41. The summed E-state index contributed by atoms with van der Waals surface area (Å²) >= 11 is 0. The standard InChI is InChI=1S/C21H18F2N6O2/c22-20(23)12-2-1-6-29-15(12)8-14(27-29)18-17-13(24-9-25-17)5-7-28(18)21(30)19-16(11-3-4-11)26-10-31-19/h1-2,6,8-11,18,20H,3-5,7H2,(H,24,25)/t18-/m1/s1. The zero-order chi connectivity index (χ0) is 21.1. The normalized spacial score (nSPS) is 18.7. The van der Waals surface area contributed by atoms with Crippen LogP contribution in [0.1, 0.15) is 70.1 Å². The third-order valence-electron chi connectivity index (χ3n) is 6.01. The monoisotopic (exact) mass is 424 g/mol. The van der Waals surface area contributed by atoms with E-state index in [0.717, 1.165) is 18.5 Å². The molecule has 5 heterocycles. The number of aromatic nitrogens is 5. The summed E-state index contributed by atoms with van der Waals surface area (Å²) in [5.41, 5.74) is 2.92. The molecule has 0 spiro atoms. The van der Waals surface area contributed by atoms with E-state index in [4.69, 9.17) is 4.42 Å². The van der Waals surface area contributed by atoms with Crippen molar-refractivity contribution < 1.29 is 18.0 Å². The molecule has 1 fully saturated rings. The van der Waals surface area contributed by atoms with E-state index in [9.17, 15) is 13.6 Å². The van der Waals surface area contributed by atoms with Crippen LogP contribution < -0.4 is 0 Å². The highest BCUT2D eigenvalue weighted by Gasteiger charge is 2.40.